The van der Waals surface area contributed by atoms with E-state index in [4.69, 9.17) is 4.74 Å². The average molecular weight is 331 g/mol. The van der Waals surface area contributed by atoms with Crippen LogP contribution in [0.3, 0.4) is 0 Å². The van der Waals surface area contributed by atoms with Crippen molar-refractivity contribution in [2.75, 3.05) is 31.6 Å². The Morgan fingerprint density at radius 2 is 2.37 bits per heavy atom. The van der Waals surface area contributed by atoms with Gasteiger partial charge in [-0.25, -0.2) is 4.68 Å². The second-order valence-electron chi connectivity index (χ2n) is 5.52. The van der Waals surface area contributed by atoms with E-state index >= 15 is 0 Å². The molecule has 0 aromatic carbocycles. The highest BCUT2D eigenvalue weighted by Crippen LogP contribution is 2.10. The van der Waals surface area contributed by atoms with Crippen LogP contribution < -0.4 is 0 Å². The Balaban J connectivity index is 1.83. The molecule has 1 aliphatic rings. The lowest BCUT2D eigenvalue weighted by Crippen LogP contribution is -2.45. The maximum absolute atomic E-state index is 5.82. The van der Waals surface area contributed by atoms with Crippen molar-refractivity contribution in [2.45, 2.75) is 32.9 Å². The highest BCUT2D eigenvalue weighted by atomic mass is 79.9. The zero-order chi connectivity index (χ0) is 13.7. The number of nitrogens with zero attached hydrogens (tertiary/aromatic N) is 4. The first-order valence-electron chi connectivity index (χ1n) is 6.96. The van der Waals surface area contributed by atoms with Crippen LogP contribution >= 0.6 is 15.9 Å². The van der Waals surface area contributed by atoms with Crippen LogP contribution in [0.15, 0.2) is 6.20 Å². The van der Waals surface area contributed by atoms with Crippen molar-refractivity contribution in [3.63, 3.8) is 0 Å². The molecule has 0 bridgehead atoms. The first-order chi connectivity index (χ1) is 9.17. The van der Waals surface area contributed by atoms with Gasteiger partial charge in [0.05, 0.1) is 24.9 Å². The van der Waals surface area contributed by atoms with Crippen molar-refractivity contribution in [3.05, 3.63) is 11.9 Å². The van der Waals surface area contributed by atoms with Crippen LogP contribution in [0.1, 0.15) is 19.5 Å². The Hall–Kier alpha value is -0.460. The predicted octanol–water partition coefficient (Wildman–Crippen LogP) is 1.57. The van der Waals surface area contributed by atoms with E-state index in [2.05, 4.69) is 45.0 Å². The summed E-state index contributed by atoms with van der Waals surface area (Å²) in [5.41, 5.74) is 1.03. The zero-order valence-corrected chi connectivity index (χ0v) is 13.3. The first-order valence-corrected chi connectivity index (χ1v) is 8.08. The van der Waals surface area contributed by atoms with E-state index in [1.807, 2.05) is 10.9 Å². The number of aryl methyl sites for hydroxylation is 1. The van der Waals surface area contributed by atoms with Crippen LogP contribution in [-0.4, -0.2) is 57.6 Å². The molecule has 2 heterocycles. The fourth-order valence-electron chi connectivity index (χ4n) is 2.42. The molecule has 0 saturated carbocycles. The smallest absolute Gasteiger partial charge is 0.0898 e. The third-order valence-electron chi connectivity index (χ3n) is 3.17. The summed E-state index contributed by atoms with van der Waals surface area (Å²) < 4.78 is 7.73. The summed E-state index contributed by atoms with van der Waals surface area (Å²) in [6, 6.07) is 0. The van der Waals surface area contributed by atoms with Crippen molar-refractivity contribution in [1.29, 1.82) is 0 Å². The predicted molar refractivity (Wildman–Crippen MR) is 78.5 cm³/mol. The summed E-state index contributed by atoms with van der Waals surface area (Å²) in [6.45, 7) is 9.31. The maximum Gasteiger partial charge on any atom is 0.0898 e. The Bertz CT molecular complexity index is 382. The summed E-state index contributed by atoms with van der Waals surface area (Å²) in [6.07, 6.45) is 3.17. The fourth-order valence-corrected chi connectivity index (χ4v) is 2.83. The van der Waals surface area contributed by atoms with Crippen LogP contribution in [0.25, 0.3) is 0 Å². The van der Waals surface area contributed by atoms with Crippen molar-refractivity contribution in [1.82, 2.24) is 19.9 Å². The number of ether oxygens (including phenoxy) is 1. The molecule has 0 radical (unpaired) electrons. The van der Waals surface area contributed by atoms with Gasteiger partial charge in [0.15, 0.2) is 0 Å². The number of alkyl halides is 1. The fraction of sp³-hybridized carbons (Fsp3) is 0.846. The van der Waals surface area contributed by atoms with Gasteiger partial charge in [0, 0.05) is 37.6 Å². The normalized spacial score (nSPS) is 21.2. The summed E-state index contributed by atoms with van der Waals surface area (Å²) in [5.74, 6) is 0.704. The number of aromatic nitrogens is 3. The van der Waals surface area contributed by atoms with Crippen LogP contribution in [0.5, 0.6) is 0 Å². The van der Waals surface area contributed by atoms with Gasteiger partial charge in [-0.05, 0) is 5.92 Å². The molecule has 0 aliphatic carbocycles. The Labute approximate surface area is 123 Å². The zero-order valence-electron chi connectivity index (χ0n) is 11.8. The van der Waals surface area contributed by atoms with Crippen molar-refractivity contribution in [3.8, 4) is 0 Å². The minimum atomic E-state index is 0.228. The Morgan fingerprint density at radius 1 is 1.53 bits per heavy atom. The molecule has 1 fully saturated rings. The van der Waals surface area contributed by atoms with E-state index in [1.54, 1.807) is 0 Å². The first kappa shape index (κ1) is 14.9. The molecule has 1 aromatic rings. The van der Waals surface area contributed by atoms with E-state index in [0.717, 1.165) is 50.2 Å². The quantitative estimate of drug-likeness (QED) is 0.742. The molecule has 1 aromatic heterocycles. The monoisotopic (exact) mass is 330 g/mol. The van der Waals surface area contributed by atoms with Crippen molar-refractivity contribution >= 4 is 15.9 Å². The Kier molecular flexibility index (Phi) is 5.78. The van der Waals surface area contributed by atoms with Gasteiger partial charge in [0.1, 0.15) is 0 Å². The average Bonchev–Trinajstić information content (AvgIpc) is 2.76. The molecule has 0 spiro atoms. The number of hydrogen-bond acceptors (Lipinski definition) is 4. The largest absolute Gasteiger partial charge is 0.374 e. The highest BCUT2D eigenvalue weighted by Gasteiger charge is 2.21. The van der Waals surface area contributed by atoms with E-state index < -0.39 is 0 Å². The molecule has 108 valence electrons. The lowest BCUT2D eigenvalue weighted by molar-refractivity contribution is -0.0406. The van der Waals surface area contributed by atoms with Crippen molar-refractivity contribution in [2.24, 2.45) is 5.92 Å². The molecule has 19 heavy (non-hydrogen) atoms. The van der Waals surface area contributed by atoms with Gasteiger partial charge in [0.25, 0.3) is 0 Å². The van der Waals surface area contributed by atoms with Gasteiger partial charge in [0.2, 0.25) is 0 Å². The number of halogens is 1. The third kappa shape index (κ3) is 4.85. The highest BCUT2D eigenvalue weighted by molar-refractivity contribution is 9.09. The van der Waals surface area contributed by atoms with E-state index in [-0.39, 0.29) is 6.10 Å². The number of morpholine rings is 1. The number of hydrogen-bond donors (Lipinski definition) is 0. The molecule has 1 atom stereocenters. The maximum atomic E-state index is 5.82. The molecule has 1 saturated heterocycles. The van der Waals surface area contributed by atoms with Crippen LogP contribution in [0.4, 0.5) is 0 Å². The van der Waals surface area contributed by atoms with Gasteiger partial charge >= 0.3 is 0 Å². The van der Waals surface area contributed by atoms with Gasteiger partial charge in [-0.15, -0.1) is 5.10 Å². The third-order valence-corrected chi connectivity index (χ3v) is 3.57. The van der Waals surface area contributed by atoms with Crippen LogP contribution in [0.2, 0.25) is 0 Å². The second-order valence-corrected chi connectivity index (χ2v) is 6.31. The van der Waals surface area contributed by atoms with Gasteiger partial charge in [-0.1, -0.05) is 35.0 Å². The van der Waals surface area contributed by atoms with Gasteiger partial charge in [-0.2, -0.15) is 0 Å². The minimum absolute atomic E-state index is 0.228. The SMILES string of the molecule is CC(C)CN1CCOC(Cn2cc(CCBr)nn2)C1. The standard InChI is InChI=1S/C13H23BrN4O/c1-11(2)7-17-5-6-19-13(9-17)10-18-8-12(3-4-14)15-16-18/h8,11,13H,3-7,9-10H2,1-2H3. The molecule has 5 nitrogen and oxygen atoms in total. The molecular formula is C13H23BrN4O. The second kappa shape index (κ2) is 7.36. The molecule has 0 N–H and O–H groups in total. The molecule has 2 rings (SSSR count). The van der Waals surface area contributed by atoms with Crippen LogP contribution in [0, 0.1) is 5.92 Å². The Morgan fingerprint density at radius 3 is 3.11 bits per heavy atom. The molecule has 1 aliphatic heterocycles. The van der Waals surface area contributed by atoms with Crippen molar-refractivity contribution < 1.29 is 4.74 Å². The molecule has 1 unspecified atom stereocenters. The number of rotatable bonds is 6. The van der Waals surface area contributed by atoms with Crippen LogP contribution in [-0.2, 0) is 17.7 Å². The van der Waals surface area contributed by atoms with Gasteiger partial charge < -0.3 is 4.74 Å². The lowest BCUT2D eigenvalue weighted by Gasteiger charge is -2.33. The topological polar surface area (TPSA) is 43.2 Å². The van der Waals surface area contributed by atoms with E-state index in [1.165, 1.54) is 0 Å². The van der Waals surface area contributed by atoms with E-state index in [9.17, 15) is 0 Å². The molecular weight excluding hydrogens is 308 g/mol. The van der Waals surface area contributed by atoms with E-state index in [0.29, 0.717) is 5.92 Å². The summed E-state index contributed by atoms with van der Waals surface area (Å²) >= 11 is 3.42. The molecule has 6 heteroatoms. The lowest BCUT2D eigenvalue weighted by atomic mass is 10.2. The summed E-state index contributed by atoms with van der Waals surface area (Å²) in [4.78, 5) is 2.48. The summed E-state index contributed by atoms with van der Waals surface area (Å²) in [7, 11) is 0. The summed E-state index contributed by atoms with van der Waals surface area (Å²) in [5, 5.41) is 9.24. The molecule has 0 amide bonds. The van der Waals surface area contributed by atoms with Gasteiger partial charge in [-0.3, -0.25) is 4.90 Å². The minimum Gasteiger partial charge on any atom is -0.374 e.